The van der Waals surface area contributed by atoms with Crippen molar-refractivity contribution in [3.8, 4) is 0 Å². The zero-order valence-corrected chi connectivity index (χ0v) is 18.6. The fourth-order valence-corrected chi connectivity index (χ4v) is 3.86. The molecule has 3 aromatic rings. The average Bonchev–Trinajstić information content (AvgIpc) is 2.83. The Bertz CT molecular complexity index is 1240. The van der Waals surface area contributed by atoms with Crippen molar-refractivity contribution in [2.45, 2.75) is 25.1 Å². The van der Waals surface area contributed by atoms with Gasteiger partial charge in [-0.3, -0.25) is 9.78 Å². The summed E-state index contributed by atoms with van der Waals surface area (Å²) in [7, 11) is 0. The highest BCUT2D eigenvalue weighted by Crippen LogP contribution is 2.35. The molecule has 1 atom stereocenters. The number of anilines is 1. The van der Waals surface area contributed by atoms with Gasteiger partial charge in [-0.15, -0.1) is 0 Å². The number of hydrogen-bond acceptors (Lipinski definition) is 4. The van der Waals surface area contributed by atoms with E-state index in [1.165, 1.54) is 6.07 Å². The van der Waals surface area contributed by atoms with Crippen LogP contribution in [0.2, 0.25) is 5.02 Å². The van der Waals surface area contributed by atoms with Crippen LogP contribution in [0.4, 0.5) is 19.0 Å². The number of halogens is 4. The molecule has 2 aromatic heterocycles. The quantitative estimate of drug-likeness (QED) is 0.442. The highest BCUT2D eigenvalue weighted by Gasteiger charge is 2.34. The lowest BCUT2D eigenvalue weighted by Crippen LogP contribution is -2.25. The zero-order chi connectivity index (χ0) is 24.1. The third kappa shape index (κ3) is 5.63. The number of pyridine rings is 2. The second-order valence-corrected chi connectivity index (χ2v) is 8.09. The predicted octanol–water partition coefficient (Wildman–Crippen LogP) is 6.12. The lowest BCUT2D eigenvalue weighted by molar-refractivity contribution is -0.137. The van der Waals surface area contributed by atoms with Crippen molar-refractivity contribution >= 4 is 23.3 Å². The van der Waals surface area contributed by atoms with Gasteiger partial charge < -0.3 is 10.6 Å². The molecule has 1 aliphatic rings. The number of hydrogen-bond donors (Lipinski definition) is 2. The Morgan fingerprint density at radius 2 is 1.91 bits per heavy atom. The van der Waals surface area contributed by atoms with Crippen LogP contribution in [0.15, 0.2) is 85.0 Å². The number of carbonyl (C=O) groups excluding carboxylic acids is 1. The molecule has 0 saturated heterocycles. The van der Waals surface area contributed by atoms with Crippen LogP contribution in [-0.4, -0.2) is 15.9 Å². The Morgan fingerprint density at radius 1 is 1.12 bits per heavy atom. The summed E-state index contributed by atoms with van der Waals surface area (Å²) in [5, 5.41) is 5.61. The second kappa shape index (κ2) is 10.1. The number of allylic oxidation sites excluding steroid dienone is 4. The first-order valence-electron chi connectivity index (χ1n) is 10.4. The van der Waals surface area contributed by atoms with E-state index in [2.05, 4.69) is 20.6 Å². The molecule has 0 saturated carbocycles. The number of amides is 1. The smallest absolute Gasteiger partial charge is 0.366 e. The van der Waals surface area contributed by atoms with Crippen LogP contribution in [0.5, 0.6) is 0 Å². The molecule has 2 heterocycles. The monoisotopic (exact) mass is 484 g/mol. The minimum Gasteiger partial charge on any atom is -0.366 e. The van der Waals surface area contributed by atoms with E-state index < -0.39 is 22.7 Å². The normalized spacial score (nSPS) is 15.5. The molecule has 4 rings (SSSR count). The molecule has 0 radical (unpaired) electrons. The minimum absolute atomic E-state index is 0.0788. The predicted molar refractivity (Wildman–Crippen MR) is 124 cm³/mol. The Morgan fingerprint density at radius 3 is 2.68 bits per heavy atom. The lowest BCUT2D eigenvalue weighted by Gasteiger charge is -2.22. The van der Waals surface area contributed by atoms with Crippen molar-refractivity contribution in [1.29, 1.82) is 0 Å². The van der Waals surface area contributed by atoms with Crippen molar-refractivity contribution in [1.82, 2.24) is 15.3 Å². The van der Waals surface area contributed by atoms with Crippen LogP contribution in [-0.2, 0) is 12.7 Å². The molecule has 0 aliphatic heterocycles. The molecular weight excluding hydrogens is 465 g/mol. The number of nitrogens with zero attached hydrogens (tertiary/aromatic N) is 2. The first kappa shape index (κ1) is 23.5. The summed E-state index contributed by atoms with van der Waals surface area (Å²) >= 11 is 5.66. The van der Waals surface area contributed by atoms with Gasteiger partial charge in [-0.2, -0.15) is 13.2 Å². The zero-order valence-electron chi connectivity index (χ0n) is 17.8. The van der Waals surface area contributed by atoms with E-state index in [1.54, 1.807) is 24.7 Å². The first-order valence-corrected chi connectivity index (χ1v) is 10.8. The molecule has 0 fully saturated rings. The molecule has 9 heteroatoms. The van der Waals surface area contributed by atoms with Crippen molar-refractivity contribution in [3.05, 3.63) is 112 Å². The van der Waals surface area contributed by atoms with E-state index in [1.807, 2.05) is 36.4 Å². The van der Waals surface area contributed by atoms with Gasteiger partial charge in [0, 0.05) is 47.9 Å². The van der Waals surface area contributed by atoms with E-state index in [0.717, 1.165) is 23.3 Å². The number of nitrogens with one attached hydrogen (secondary N) is 2. The third-order valence-electron chi connectivity index (χ3n) is 5.34. The lowest BCUT2D eigenvalue weighted by atomic mass is 9.91. The van der Waals surface area contributed by atoms with Crippen molar-refractivity contribution in [2.75, 3.05) is 5.32 Å². The number of rotatable bonds is 6. The fraction of sp³-hybridized carbons (Fsp3) is 0.160. The summed E-state index contributed by atoms with van der Waals surface area (Å²) in [5.41, 5.74) is 1.42. The van der Waals surface area contributed by atoms with Gasteiger partial charge in [0.15, 0.2) is 0 Å². The molecule has 0 spiro atoms. The highest BCUT2D eigenvalue weighted by atomic mass is 35.5. The van der Waals surface area contributed by atoms with Gasteiger partial charge in [0.1, 0.15) is 5.82 Å². The topological polar surface area (TPSA) is 66.9 Å². The van der Waals surface area contributed by atoms with Gasteiger partial charge in [0.2, 0.25) is 0 Å². The van der Waals surface area contributed by atoms with Gasteiger partial charge in [0.05, 0.1) is 10.6 Å². The van der Waals surface area contributed by atoms with Gasteiger partial charge in [0.25, 0.3) is 5.91 Å². The molecule has 174 valence electrons. The molecule has 1 aliphatic carbocycles. The summed E-state index contributed by atoms with van der Waals surface area (Å²) in [5.74, 6) is 0.00337. The van der Waals surface area contributed by atoms with Crippen LogP contribution >= 0.6 is 11.6 Å². The van der Waals surface area contributed by atoms with Gasteiger partial charge in [-0.05, 0) is 54.5 Å². The summed E-state index contributed by atoms with van der Waals surface area (Å²) in [6.07, 6.45) is 6.48. The second-order valence-electron chi connectivity index (χ2n) is 7.68. The SMILES string of the molecule is O=C(NC1=CC=CC(c2cccnc2NCc2ccncc2)C1)c1ccc(Cl)c(C(F)(F)F)c1. The van der Waals surface area contributed by atoms with Crippen LogP contribution in [0.1, 0.15) is 39.4 Å². The van der Waals surface area contributed by atoms with Crippen LogP contribution < -0.4 is 10.6 Å². The summed E-state index contributed by atoms with van der Waals surface area (Å²) < 4.78 is 39.4. The molecule has 2 N–H and O–H groups in total. The molecular formula is C25H20ClF3N4O. The average molecular weight is 485 g/mol. The number of benzene rings is 1. The Hall–Kier alpha value is -3.65. The molecule has 1 unspecified atom stereocenters. The third-order valence-corrected chi connectivity index (χ3v) is 5.67. The van der Waals surface area contributed by atoms with Crippen LogP contribution in [0, 0.1) is 0 Å². The summed E-state index contributed by atoms with van der Waals surface area (Å²) in [6, 6.07) is 10.7. The molecule has 5 nitrogen and oxygen atoms in total. The Kier molecular flexibility index (Phi) is 6.98. The molecule has 1 aromatic carbocycles. The van der Waals surface area contributed by atoms with Crippen molar-refractivity contribution < 1.29 is 18.0 Å². The first-order chi connectivity index (χ1) is 16.3. The maximum atomic E-state index is 13.1. The van der Waals surface area contributed by atoms with Crippen molar-refractivity contribution in [2.24, 2.45) is 0 Å². The molecule has 1 amide bonds. The largest absolute Gasteiger partial charge is 0.417 e. The summed E-state index contributed by atoms with van der Waals surface area (Å²) in [6.45, 7) is 0.570. The van der Waals surface area contributed by atoms with E-state index >= 15 is 0 Å². The molecule has 0 bridgehead atoms. The van der Waals surface area contributed by atoms with E-state index in [9.17, 15) is 18.0 Å². The van der Waals surface area contributed by atoms with Gasteiger partial charge in [-0.25, -0.2) is 4.98 Å². The van der Waals surface area contributed by atoms with E-state index in [4.69, 9.17) is 11.6 Å². The van der Waals surface area contributed by atoms with Gasteiger partial charge in [-0.1, -0.05) is 29.8 Å². The van der Waals surface area contributed by atoms with Crippen LogP contribution in [0.25, 0.3) is 0 Å². The minimum atomic E-state index is -4.65. The highest BCUT2D eigenvalue weighted by molar-refractivity contribution is 6.31. The van der Waals surface area contributed by atoms with E-state index in [0.29, 0.717) is 24.5 Å². The van der Waals surface area contributed by atoms with E-state index in [-0.39, 0.29) is 11.5 Å². The van der Waals surface area contributed by atoms with Gasteiger partial charge >= 0.3 is 6.18 Å². The maximum absolute atomic E-state index is 13.1. The van der Waals surface area contributed by atoms with Crippen molar-refractivity contribution in [3.63, 3.8) is 0 Å². The number of aromatic nitrogens is 2. The number of carbonyl (C=O) groups is 1. The number of alkyl halides is 3. The molecule has 34 heavy (non-hydrogen) atoms. The fourth-order valence-electron chi connectivity index (χ4n) is 3.64. The van der Waals surface area contributed by atoms with Crippen LogP contribution in [0.3, 0.4) is 0 Å². The Balaban J connectivity index is 1.46. The maximum Gasteiger partial charge on any atom is 0.417 e. The Labute approximate surface area is 199 Å². The summed E-state index contributed by atoms with van der Waals surface area (Å²) in [4.78, 5) is 21.1. The standard InChI is InChI=1S/C25H20ClF3N4O/c26-22-7-6-18(14-21(22)25(27,28)29)24(34)33-19-4-1-3-17(13-19)20-5-2-10-31-23(20)32-15-16-8-11-30-12-9-16/h1-12,14,17H,13,15H2,(H,31,32)(H,33,34).